The molecule has 0 saturated heterocycles. The highest BCUT2D eigenvalue weighted by atomic mass is 16.3. The topological polar surface area (TPSA) is 66.5 Å². The standard InChI is InChI=1S/C12H19NO2/c1-8(2)9-3-5-10(6-4-9)12(15)11(14)7-13/h3-6,8,11-12,14-15H,7,13H2,1-2H3. The molecule has 0 spiro atoms. The highest BCUT2D eigenvalue weighted by Gasteiger charge is 2.16. The van der Waals surface area contributed by atoms with E-state index in [2.05, 4.69) is 13.8 Å². The third kappa shape index (κ3) is 3.02. The molecule has 0 aliphatic rings. The number of nitrogens with two attached hydrogens (primary N) is 1. The molecule has 1 rings (SSSR count). The van der Waals surface area contributed by atoms with Gasteiger partial charge in [0.05, 0.1) is 6.10 Å². The predicted octanol–water partition coefficient (Wildman–Crippen LogP) is 1.16. The van der Waals surface area contributed by atoms with Gasteiger partial charge in [0.25, 0.3) is 0 Å². The van der Waals surface area contributed by atoms with Crippen molar-refractivity contribution in [2.45, 2.75) is 32.0 Å². The Morgan fingerprint density at radius 1 is 1.07 bits per heavy atom. The first kappa shape index (κ1) is 12.2. The average Bonchev–Trinajstić information content (AvgIpc) is 2.27. The second-order valence-electron chi connectivity index (χ2n) is 4.07. The van der Waals surface area contributed by atoms with Crippen molar-refractivity contribution in [2.75, 3.05) is 6.54 Å². The Morgan fingerprint density at radius 3 is 1.93 bits per heavy atom. The summed E-state index contributed by atoms with van der Waals surface area (Å²) in [6, 6.07) is 7.59. The van der Waals surface area contributed by atoms with Crippen LogP contribution >= 0.6 is 0 Å². The van der Waals surface area contributed by atoms with Gasteiger partial charge in [0.1, 0.15) is 6.10 Å². The molecule has 0 heterocycles. The number of rotatable bonds is 4. The molecule has 1 aromatic rings. The molecule has 3 heteroatoms. The first-order chi connectivity index (χ1) is 7.06. The summed E-state index contributed by atoms with van der Waals surface area (Å²) in [5.74, 6) is 0.468. The van der Waals surface area contributed by atoms with Crippen LogP contribution in [-0.2, 0) is 0 Å². The molecule has 0 aromatic heterocycles. The lowest BCUT2D eigenvalue weighted by molar-refractivity contribution is 0.0243. The molecular formula is C12H19NO2. The number of benzene rings is 1. The van der Waals surface area contributed by atoms with Crippen LogP contribution in [-0.4, -0.2) is 22.9 Å². The lowest BCUT2D eigenvalue weighted by atomic mass is 9.98. The molecule has 2 unspecified atom stereocenters. The Morgan fingerprint density at radius 2 is 1.53 bits per heavy atom. The lowest BCUT2D eigenvalue weighted by Crippen LogP contribution is -2.27. The highest BCUT2D eigenvalue weighted by molar-refractivity contribution is 5.26. The second kappa shape index (κ2) is 5.26. The van der Waals surface area contributed by atoms with Gasteiger partial charge < -0.3 is 15.9 Å². The van der Waals surface area contributed by atoms with Crippen molar-refractivity contribution in [3.05, 3.63) is 35.4 Å². The molecule has 0 aliphatic carbocycles. The van der Waals surface area contributed by atoms with Crippen molar-refractivity contribution >= 4 is 0 Å². The van der Waals surface area contributed by atoms with E-state index >= 15 is 0 Å². The van der Waals surface area contributed by atoms with E-state index in [1.807, 2.05) is 24.3 Å². The Bertz CT molecular complexity index is 295. The first-order valence-electron chi connectivity index (χ1n) is 5.22. The van der Waals surface area contributed by atoms with Gasteiger partial charge in [-0.25, -0.2) is 0 Å². The summed E-state index contributed by atoms with van der Waals surface area (Å²) in [7, 11) is 0. The van der Waals surface area contributed by atoms with E-state index < -0.39 is 12.2 Å². The molecule has 3 nitrogen and oxygen atoms in total. The summed E-state index contributed by atoms with van der Waals surface area (Å²) < 4.78 is 0. The molecule has 0 bridgehead atoms. The van der Waals surface area contributed by atoms with Crippen LogP contribution in [0.4, 0.5) is 0 Å². The van der Waals surface area contributed by atoms with Gasteiger partial charge in [0.2, 0.25) is 0 Å². The van der Waals surface area contributed by atoms with Crippen molar-refractivity contribution in [3.8, 4) is 0 Å². The van der Waals surface area contributed by atoms with Crippen LogP contribution < -0.4 is 5.73 Å². The van der Waals surface area contributed by atoms with Gasteiger partial charge in [0, 0.05) is 6.54 Å². The third-order valence-electron chi connectivity index (χ3n) is 2.55. The largest absolute Gasteiger partial charge is 0.389 e. The quantitative estimate of drug-likeness (QED) is 0.697. The van der Waals surface area contributed by atoms with Crippen LogP contribution in [0, 0.1) is 0 Å². The van der Waals surface area contributed by atoms with Crippen molar-refractivity contribution in [1.82, 2.24) is 0 Å². The Balaban J connectivity index is 2.79. The molecule has 0 amide bonds. The summed E-state index contributed by atoms with van der Waals surface area (Å²) >= 11 is 0. The lowest BCUT2D eigenvalue weighted by Gasteiger charge is -2.17. The van der Waals surface area contributed by atoms with E-state index in [1.54, 1.807) is 0 Å². The van der Waals surface area contributed by atoms with Gasteiger partial charge in [-0.3, -0.25) is 0 Å². The maximum atomic E-state index is 9.69. The van der Waals surface area contributed by atoms with Gasteiger partial charge in [-0.2, -0.15) is 0 Å². The van der Waals surface area contributed by atoms with Gasteiger partial charge in [-0.1, -0.05) is 38.1 Å². The van der Waals surface area contributed by atoms with Crippen LogP contribution in [0.15, 0.2) is 24.3 Å². The predicted molar refractivity (Wildman–Crippen MR) is 60.6 cm³/mol. The second-order valence-corrected chi connectivity index (χ2v) is 4.07. The summed E-state index contributed by atoms with van der Waals surface area (Å²) in [6.07, 6.45) is -1.79. The smallest absolute Gasteiger partial charge is 0.106 e. The minimum absolute atomic E-state index is 0.0626. The number of aliphatic hydroxyl groups is 2. The maximum Gasteiger partial charge on any atom is 0.106 e. The van der Waals surface area contributed by atoms with E-state index in [4.69, 9.17) is 5.73 Å². The molecule has 0 fully saturated rings. The Labute approximate surface area is 90.5 Å². The van der Waals surface area contributed by atoms with Crippen molar-refractivity contribution < 1.29 is 10.2 Å². The SMILES string of the molecule is CC(C)c1ccc(C(O)C(O)CN)cc1. The Kier molecular flexibility index (Phi) is 4.27. The summed E-state index contributed by atoms with van der Waals surface area (Å²) in [5.41, 5.74) is 7.20. The summed E-state index contributed by atoms with van der Waals surface area (Å²) in [4.78, 5) is 0. The minimum Gasteiger partial charge on any atom is -0.389 e. The molecule has 15 heavy (non-hydrogen) atoms. The zero-order valence-corrected chi connectivity index (χ0v) is 9.22. The van der Waals surface area contributed by atoms with Crippen LogP contribution in [0.5, 0.6) is 0 Å². The Hall–Kier alpha value is -0.900. The molecule has 0 radical (unpaired) electrons. The van der Waals surface area contributed by atoms with Gasteiger partial charge in [-0.15, -0.1) is 0 Å². The summed E-state index contributed by atoms with van der Waals surface area (Å²) in [5, 5.41) is 19.1. The fraction of sp³-hybridized carbons (Fsp3) is 0.500. The van der Waals surface area contributed by atoms with Gasteiger partial charge >= 0.3 is 0 Å². The van der Waals surface area contributed by atoms with E-state index in [-0.39, 0.29) is 6.54 Å². The van der Waals surface area contributed by atoms with Crippen LogP contribution in [0.2, 0.25) is 0 Å². The molecule has 0 saturated carbocycles. The molecule has 4 N–H and O–H groups in total. The molecule has 1 aromatic carbocycles. The van der Waals surface area contributed by atoms with E-state index in [0.717, 1.165) is 0 Å². The normalized spacial score (nSPS) is 15.3. The zero-order chi connectivity index (χ0) is 11.4. The third-order valence-corrected chi connectivity index (χ3v) is 2.55. The monoisotopic (exact) mass is 209 g/mol. The van der Waals surface area contributed by atoms with Crippen LogP contribution in [0.3, 0.4) is 0 Å². The number of aliphatic hydroxyl groups excluding tert-OH is 2. The van der Waals surface area contributed by atoms with Gasteiger partial charge in [-0.05, 0) is 17.0 Å². The minimum atomic E-state index is -0.894. The fourth-order valence-corrected chi connectivity index (χ4v) is 1.43. The van der Waals surface area contributed by atoms with E-state index in [9.17, 15) is 10.2 Å². The van der Waals surface area contributed by atoms with Crippen LogP contribution in [0.25, 0.3) is 0 Å². The molecule has 0 aliphatic heterocycles. The van der Waals surface area contributed by atoms with Crippen LogP contribution in [0.1, 0.15) is 37.0 Å². The maximum absolute atomic E-state index is 9.69. The first-order valence-corrected chi connectivity index (χ1v) is 5.22. The molecule has 84 valence electrons. The van der Waals surface area contributed by atoms with Crippen molar-refractivity contribution in [3.63, 3.8) is 0 Å². The van der Waals surface area contributed by atoms with Crippen molar-refractivity contribution in [2.24, 2.45) is 5.73 Å². The zero-order valence-electron chi connectivity index (χ0n) is 9.22. The number of hydrogen-bond donors (Lipinski definition) is 3. The van der Waals surface area contributed by atoms with E-state index in [0.29, 0.717) is 11.5 Å². The van der Waals surface area contributed by atoms with Crippen molar-refractivity contribution in [1.29, 1.82) is 0 Å². The van der Waals surface area contributed by atoms with Gasteiger partial charge in [0.15, 0.2) is 0 Å². The van der Waals surface area contributed by atoms with E-state index in [1.165, 1.54) is 5.56 Å². The number of hydrogen-bond acceptors (Lipinski definition) is 3. The molecular weight excluding hydrogens is 190 g/mol. The average molecular weight is 209 g/mol. The summed E-state index contributed by atoms with van der Waals surface area (Å²) in [6.45, 7) is 4.29. The fourth-order valence-electron chi connectivity index (χ4n) is 1.43. The highest BCUT2D eigenvalue weighted by Crippen LogP contribution is 2.20. The molecule has 2 atom stereocenters.